The fourth-order valence-corrected chi connectivity index (χ4v) is 1.55. The van der Waals surface area contributed by atoms with Gasteiger partial charge in [-0.05, 0) is 29.8 Å². The van der Waals surface area contributed by atoms with Crippen molar-refractivity contribution in [2.75, 3.05) is 7.11 Å². The predicted molar refractivity (Wildman–Crippen MR) is 79.9 cm³/mol. The first-order chi connectivity index (χ1) is 9.79. The lowest BCUT2D eigenvalue weighted by Crippen LogP contribution is -2.01. The minimum atomic E-state index is -0.343. The molecule has 0 bridgehead atoms. The van der Waals surface area contributed by atoms with E-state index >= 15 is 0 Å². The number of carbonyl (C=O) groups excluding carboxylic acids is 1. The lowest BCUT2D eigenvalue weighted by Gasteiger charge is -2.06. The van der Waals surface area contributed by atoms with Gasteiger partial charge in [-0.25, -0.2) is 4.79 Å². The summed E-state index contributed by atoms with van der Waals surface area (Å²) in [6.07, 6.45) is 0. The van der Waals surface area contributed by atoms with Crippen molar-refractivity contribution < 1.29 is 14.3 Å². The molecule has 3 nitrogen and oxygen atoms in total. The van der Waals surface area contributed by atoms with E-state index < -0.39 is 0 Å². The molecule has 0 saturated carbocycles. The lowest BCUT2D eigenvalue weighted by molar-refractivity contribution is 0.0600. The monoisotopic (exact) mass is 272 g/mol. The number of carbonyl (C=O) groups is 1. The topological polar surface area (TPSA) is 35.5 Å². The van der Waals surface area contributed by atoms with Gasteiger partial charge in [-0.2, -0.15) is 0 Å². The second kappa shape index (κ2) is 8.75. The Labute approximate surface area is 120 Å². The highest BCUT2D eigenvalue weighted by Gasteiger charge is 2.04. The Balaban J connectivity index is 0.000000956. The largest absolute Gasteiger partial charge is 0.489 e. The van der Waals surface area contributed by atoms with Crippen molar-refractivity contribution in [1.29, 1.82) is 0 Å². The van der Waals surface area contributed by atoms with E-state index in [1.807, 2.05) is 44.2 Å². The van der Waals surface area contributed by atoms with E-state index in [-0.39, 0.29) is 5.97 Å². The summed E-state index contributed by atoms with van der Waals surface area (Å²) in [5.74, 6) is 0.385. The molecule has 0 fully saturated rings. The minimum Gasteiger partial charge on any atom is -0.489 e. The van der Waals surface area contributed by atoms with Crippen LogP contribution in [0.4, 0.5) is 0 Å². The van der Waals surface area contributed by atoms with Gasteiger partial charge in [0.1, 0.15) is 12.4 Å². The van der Waals surface area contributed by atoms with Crippen molar-refractivity contribution >= 4 is 5.97 Å². The van der Waals surface area contributed by atoms with E-state index in [2.05, 4.69) is 4.74 Å². The first kappa shape index (κ1) is 15.8. The molecule has 0 atom stereocenters. The van der Waals surface area contributed by atoms with Gasteiger partial charge in [0.15, 0.2) is 0 Å². The fraction of sp³-hybridized carbons (Fsp3) is 0.235. The number of methoxy groups -OCH3 is 1. The van der Waals surface area contributed by atoms with Crippen LogP contribution in [0.5, 0.6) is 5.75 Å². The molecule has 106 valence electrons. The Kier molecular flexibility index (Phi) is 6.90. The first-order valence-corrected chi connectivity index (χ1v) is 6.64. The highest BCUT2D eigenvalue weighted by atomic mass is 16.5. The molecule has 0 radical (unpaired) electrons. The van der Waals surface area contributed by atoms with Crippen LogP contribution in [-0.2, 0) is 11.3 Å². The molecule has 2 rings (SSSR count). The molecule has 0 aliphatic carbocycles. The number of ether oxygens (including phenoxy) is 2. The van der Waals surface area contributed by atoms with Gasteiger partial charge in [0.05, 0.1) is 12.7 Å². The Hall–Kier alpha value is -2.29. The molecule has 0 N–H and O–H groups in total. The standard InChI is InChI=1S/C15H14O3.C2H6/c1-17-15(16)13-7-9-14(10-8-13)18-11-12-5-3-2-4-6-12;1-2/h2-10H,11H2,1H3;1-2H3. The molecule has 0 saturated heterocycles. The zero-order valence-corrected chi connectivity index (χ0v) is 12.1. The molecular weight excluding hydrogens is 252 g/mol. The van der Waals surface area contributed by atoms with E-state index in [9.17, 15) is 4.79 Å². The third-order valence-corrected chi connectivity index (χ3v) is 2.52. The third kappa shape index (κ3) is 4.76. The van der Waals surface area contributed by atoms with Crippen molar-refractivity contribution in [2.45, 2.75) is 20.5 Å². The third-order valence-electron chi connectivity index (χ3n) is 2.52. The summed E-state index contributed by atoms with van der Waals surface area (Å²) in [5, 5.41) is 0. The normalized spacial score (nSPS) is 9.15. The zero-order chi connectivity index (χ0) is 14.8. The van der Waals surface area contributed by atoms with Crippen LogP contribution in [0.3, 0.4) is 0 Å². The maximum Gasteiger partial charge on any atom is 0.337 e. The van der Waals surface area contributed by atoms with Crippen LogP contribution in [0.2, 0.25) is 0 Å². The average Bonchev–Trinajstić information content (AvgIpc) is 2.55. The Morgan fingerprint density at radius 3 is 2.10 bits per heavy atom. The maximum atomic E-state index is 11.2. The first-order valence-electron chi connectivity index (χ1n) is 6.64. The van der Waals surface area contributed by atoms with Gasteiger partial charge < -0.3 is 9.47 Å². The Bertz CT molecular complexity index is 504. The molecule has 20 heavy (non-hydrogen) atoms. The molecule has 0 heterocycles. The van der Waals surface area contributed by atoms with E-state index in [0.29, 0.717) is 12.2 Å². The van der Waals surface area contributed by atoms with E-state index in [4.69, 9.17) is 4.74 Å². The molecule has 0 aromatic heterocycles. The summed E-state index contributed by atoms with van der Waals surface area (Å²) >= 11 is 0. The maximum absolute atomic E-state index is 11.2. The van der Waals surface area contributed by atoms with Gasteiger partial charge in [0.25, 0.3) is 0 Å². The van der Waals surface area contributed by atoms with Gasteiger partial charge >= 0.3 is 5.97 Å². The summed E-state index contributed by atoms with van der Waals surface area (Å²) < 4.78 is 10.2. The van der Waals surface area contributed by atoms with Gasteiger partial charge in [-0.3, -0.25) is 0 Å². The molecule has 2 aromatic rings. The molecular formula is C17H20O3. The number of benzene rings is 2. The molecule has 0 amide bonds. The SMILES string of the molecule is CC.COC(=O)c1ccc(OCc2ccccc2)cc1. The van der Waals surface area contributed by atoms with E-state index in [1.165, 1.54) is 7.11 Å². The van der Waals surface area contributed by atoms with Gasteiger partial charge in [-0.1, -0.05) is 44.2 Å². The molecule has 0 unspecified atom stereocenters. The van der Waals surface area contributed by atoms with Crippen LogP contribution in [-0.4, -0.2) is 13.1 Å². The smallest absolute Gasteiger partial charge is 0.337 e. The van der Waals surface area contributed by atoms with Gasteiger partial charge in [0.2, 0.25) is 0 Å². The van der Waals surface area contributed by atoms with Crippen molar-refractivity contribution in [2.24, 2.45) is 0 Å². The van der Waals surface area contributed by atoms with Crippen molar-refractivity contribution in [1.82, 2.24) is 0 Å². The van der Waals surface area contributed by atoms with Crippen LogP contribution in [0.15, 0.2) is 54.6 Å². The average molecular weight is 272 g/mol. The number of hydrogen-bond donors (Lipinski definition) is 0. The van der Waals surface area contributed by atoms with E-state index in [0.717, 1.165) is 11.3 Å². The van der Waals surface area contributed by atoms with Crippen molar-refractivity contribution in [3.63, 3.8) is 0 Å². The number of rotatable bonds is 4. The summed E-state index contributed by atoms with van der Waals surface area (Å²) in [5.41, 5.74) is 1.62. The van der Waals surface area contributed by atoms with Crippen molar-refractivity contribution in [3.8, 4) is 5.75 Å². The number of hydrogen-bond acceptors (Lipinski definition) is 3. The Morgan fingerprint density at radius 1 is 0.950 bits per heavy atom. The second-order valence-electron chi connectivity index (χ2n) is 3.79. The minimum absolute atomic E-state index is 0.343. The van der Waals surface area contributed by atoms with Crippen LogP contribution in [0.25, 0.3) is 0 Å². The van der Waals surface area contributed by atoms with Crippen molar-refractivity contribution in [3.05, 3.63) is 65.7 Å². The fourth-order valence-electron chi connectivity index (χ4n) is 1.55. The van der Waals surface area contributed by atoms with E-state index in [1.54, 1.807) is 24.3 Å². The second-order valence-corrected chi connectivity index (χ2v) is 3.79. The summed E-state index contributed by atoms with van der Waals surface area (Å²) in [6.45, 7) is 4.51. The molecule has 2 aromatic carbocycles. The highest BCUT2D eigenvalue weighted by Crippen LogP contribution is 2.14. The summed E-state index contributed by atoms with van der Waals surface area (Å²) in [7, 11) is 1.36. The zero-order valence-electron chi connectivity index (χ0n) is 12.1. The van der Waals surface area contributed by atoms with Gasteiger partial charge in [0, 0.05) is 0 Å². The van der Waals surface area contributed by atoms with Gasteiger partial charge in [-0.15, -0.1) is 0 Å². The molecule has 0 spiro atoms. The molecule has 0 aliphatic rings. The summed E-state index contributed by atoms with van der Waals surface area (Å²) in [6, 6.07) is 16.8. The lowest BCUT2D eigenvalue weighted by atomic mass is 10.2. The van der Waals surface area contributed by atoms with Crippen LogP contribution in [0.1, 0.15) is 29.8 Å². The predicted octanol–water partition coefficient (Wildman–Crippen LogP) is 4.08. The number of esters is 1. The Morgan fingerprint density at radius 2 is 1.55 bits per heavy atom. The quantitative estimate of drug-likeness (QED) is 0.787. The highest BCUT2D eigenvalue weighted by molar-refractivity contribution is 5.89. The molecule has 3 heteroatoms. The van der Waals surface area contributed by atoms with Crippen LogP contribution < -0.4 is 4.74 Å². The van der Waals surface area contributed by atoms with Crippen LogP contribution in [0, 0.1) is 0 Å². The summed E-state index contributed by atoms with van der Waals surface area (Å²) in [4.78, 5) is 11.2. The van der Waals surface area contributed by atoms with Crippen LogP contribution >= 0.6 is 0 Å². The molecule has 0 aliphatic heterocycles.